The summed E-state index contributed by atoms with van der Waals surface area (Å²) in [4.78, 5) is 0. The van der Waals surface area contributed by atoms with E-state index in [0.717, 1.165) is 127 Å². The number of rotatable bonds is 9. The van der Waals surface area contributed by atoms with Crippen molar-refractivity contribution in [1.82, 2.24) is 4.57 Å². The van der Waals surface area contributed by atoms with Crippen LogP contribution in [0.15, 0.2) is 497 Å². The van der Waals surface area contributed by atoms with Crippen molar-refractivity contribution in [2.24, 2.45) is 0 Å². The Bertz CT molecular complexity index is 9670. The average molecular weight is 1720 g/mol. The lowest BCUT2D eigenvalue weighted by atomic mass is 9.85. The minimum absolute atomic E-state index is 0.885. The fourth-order valence-corrected chi connectivity index (χ4v) is 22.0. The minimum atomic E-state index is 0.885. The minimum Gasteiger partial charge on any atom is -0.456 e. The fourth-order valence-electron chi connectivity index (χ4n) is 22.0. The molecule has 628 valence electrons. The SMILES string of the molecule is c1ccc(-c2c3ccccc3c(-c3cc(-c4ccc5ccccc5c4)c4oc5ccccc5c4c3)c3ccccc23)cc1.c1ccc(-c2c3ccccc3c(-c3cc(-c4ccc5oc6ccccc6c5c4)c4oc5ccccc5c4c3)c3ccccc23)cc1.c1ccc(-c2c3ccccc3c(-c3cc(-n4c5ccccc5c5ccccc54)c4oc5ccccc5c4c3)c3ccccc23)cc1. The Morgan fingerprint density at radius 2 is 0.385 bits per heavy atom. The molecule has 0 spiro atoms. The number of fused-ring (bicyclic) bond motifs is 22. The molecule has 5 aromatic heterocycles. The number of nitrogens with zero attached hydrogens (tertiary/aromatic N) is 1. The number of para-hydroxylation sites is 6. The maximum absolute atomic E-state index is 6.73. The monoisotopic (exact) mass is 1720 g/mol. The van der Waals surface area contributed by atoms with Gasteiger partial charge in [0, 0.05) is 65.0 Å². The van der Waals surface area contributed by atoms with Gasteiger partial charge in [-0.1, -0.05) is 388 Å². The summed E-state index contributed by atoms with van der Waals surface area (Å²) in [7, 11) is 0. The van der Waals surface area contributed by atoms with Crippen molar-refractivity contribution in [3.05, 3.63) is 479 Å². The van der Waals surface area contributed by atoms with Gasteiger partial charge in [-0.25, -0.2) is 0 Å². The number of benzene rings is 24. The van der Waals surface area contributed by atoms with Gasteiger partial charge in [-0.15, -0.1) is 0 Å². The highest BCUT2D eigenvalue weighted by Gasteiger charge is 2.28. The number of furan rings is 4. The molecule has 135 heavy (non-hydrogen) atoms. The summed E-state index contributed by atoms with van der Waals surface area (Å²) < 4.78 is 28.5. The first-order chi connectivity index (χ1) is 67.0. The largest absolute Gasteiger partial charge is 0.456 e. The Morgan fingerprint density at radius 1 is 0.133 bits per heavy atom. The predicted octanol–water partition coefficient (Wildman–Crippen LogP) is 37.2. The number of hydrogen-bond donors (Lipinski definition) is 0. The molecule has 5 nitrogen and oxygen atoms in total. The molecule has 0 saturated carbocycles. The summed E-state index contributed by atoms with van der Waals surface area (Å²) in [6, 6.07) is 172. The van der Waals surface area contributed by atoms with E-state index in [0.29, 0.717) is 0 Å². The van der Waals surface area contributed by atoms with Gasteiger partial charge in [0.2, 0.25) is 0 Å². The molecule has 0 atom stereocenters. The molecule has 0 amide bonds. The van der Waals surface area contributed by atoms with Crippen LogP contribution in [-0.2, 0) is 0 Å². The van der Waals surface area contributed by atoms with Gasteiger partial charge in [-0.2, -0.15) is 0 Å². The molecule has 0 saturated heterocycles. The van der Waals surface area contributed by atoms with Crippen LogP contribution < -0.4 is 0 Å². The van der Waals surface area contributed by atoms with E-state index < -0.39 is 0 Å². The van der Waals surface area contributed by atoms with Crippen LogP contribution in [0.3, 0.4) is 0 Å². The van der Waals surface area contributed by atoms with E-state index in [1.165, 1.54) is 153 Å². The van der Waals surface area contributed by atoms with E-state index in [-0.39, 0.29) is 0 Å². The third-order valence-corrected chi connectivity index (χ3v) is 27.8. The highest BCUT2D eigenvalue weighted by molar-refractivity contribution is 6.28. The molecular formula is C130H79NO4. The van der Waals surface area contributed by atoms with Crippen LogP contribution in [-0.4, -0.2) is 4.57 Å². The lowest BCUT2D eigenvalue weighted by molar-refractivity contribution is 0.666. The van der Waals surface area contributed by atoms with Crippen molar-refractivity contribution in [2.45, 2.75) is 0 Å². The van der Waals surface area contributed by atoms with Crippen molar-refractivity contribution < 1.29 is 17.7 Å². The van der Waals surface area contributed by atoms with Crippen LogP contribution in [0, 0.1) is 0 Å². The highest BCUT2D eigenvalue weighted by Crippen LogP contribution is 2.53. The lowest BCUT2D eigenvalue weighted by Gasteiger charge is -2.19. The Hall–Kier alpha value is -17.9. The van der Waals surface area contributed by atoms with Gasteiger partial charge >= 0.3 is 0 Å². The molecule has 0 radical (unpaired) electrons. The summed E-state index contributed by atoms with van der Waals surface area (Å²) in [5.41, 5.74) is 29.7. The van der Waals surface area contributed by atoms with E-state index in [4.69, 9.17) is 17.7 Å². The fraction of sp³-hybridized carbons (Fsp3) is 0. The Balaban J connectivity index is 0.000000103. The quantitative estimate of drug-likeness (QED) is 0.135. The van der Waals surface area contributed by atoms with Gasteiger partial charge in [-0.05, 0) is 244 Å². The standard InChI is InChI=1S/C44H27NO.C44H26O2.C42H26O/c1-2-14-28(15-3-1)42-33-19-4-6-21-35(33)43(36-22-7-5-20-34(36)42)29-26-37-32-18-10-13-25-41(32)46-44(37)40(27-29)45-38-23-11-8-16-30(38)31-17-9-12-24-39(31)45;1-2-12-27(13-3-1)42-32-16-4-6-18-34(32)43(35-19-7-5-17-33(35)42)29-25-36(44-38(26-29)31-15-9-11-21-40(31)46-44)28-22-23-41-37(24-28)30-14-8-10-20-39(30)45-41;1-2-13-28(14-3-1)40-33-17-6-8-19-35(33)41(36-20-9-7-18-34(36)40)31-25-37(30-23-22-27-12-4-5-15-29(27)24-30)42-38(26-31)32-16-10-11-21-39(32)43-42/h1-27H;1-26H;1-26H. The number of aromatic nitrogens is 1. The number of hydrogen-bond acceptors (Lipinski definition) is 4. The van der Waals surface area contributed by atoms with Crippen LogP contribution in [0.25, 0.3) is 280 Å². The summed E-state index contributed by atoms with van der Waals surface area (Å²) in [6.07, 6.45) is 0. The highest BCUT2D eigenvalue weighted by atomic mass is 16.3. The molecule has 29 aromatic rings. The van der Waals surface area contributed by atoms with Crippen molar-refractivity contribution in [2.75, 3.05) is 0 Å². The van der Waals surface area contributed by atoms with E-state index in [2.05, 4.69) is 460 Å². The van der Waals surface area contributed by atoms with E-state index in [9.17, 15) is 0 Å². The first-order valence-electron chi connectivity index (χ1n) is 46.2. The van der Waals surface area contributed by atoms with E-state index >= 15 is 0 Å². The molecule has 0 aliphatic carbocycles. The van der Waals surface area contributed by atoms with Gasteiger partial charge in [0.15, 0.2) is 5.58 Å². The topological polar surface area (TPSA) is 57.5 Å². The first kappa shape index (κ1) is 77.1. The van der Waals surface area contributed by atoms with Crippen LogP contribution >= 0.6 is 0 Å². The van der Waals surface area contributed by atoms with Gasteiger partial charge in [-0.3, -0.25) is 0 Å². The second-order valence-electron chi connectivity index (χ2n) is 35.3. The van der Waals surface area contributed by atoms with Crippen LogP contribution in [0.4, 0.5) is 0 Å². The van der Waals surface area contributed by atoms with Gasteiger partial charge in [0.05, 0.1) is 16.7 Å². The zero-order valence-corrected chi connectivity index (χ0v) is 73.2. The predicted molar refractivity (Wildman–Crippen MR) is 569 cm³/mol. The molecule has 0 N–H and O–H groups in total. The van der Waals surface area contributed by atoms with Crippen LogP contribution in [0.5, 0.6) is 0 Å². The molecule has 5 heteroatoms. The summed E-state index contributed by atoms with van der Waals surface area (Å²) in [5, 5.41) is 28.8. The molecule has 0 aliphatic rings. The van der Waals surface area contributed by atoms with Gasteiger partial charge in [0.1, 0.15) is 39.1 Å². The third kappa shape index (κ3) is 12.5. The molecule has 24 aromatic carbocycles. The summed E-state index contributed by atoms with van der Waals surface area (Å²) >= 11 is 0. The Labute approximate surface area is 775 Å². The molecule has 5 heterocycles. The Morgan fingerprint density at radius 3 is 0.763 bits per heavy atom. The van der Waals surface area contributed by atoms with Crippen molar-refractivity contribution in [3.63, 3.8) is 0 Å². The third-order valence-electron chi connectivity index (χ3n) is 27.8. The normalized spacial score (nSPS) is 11.9. The maximum atomic E-state index is 6.73. The molecule has 29 rings (SSSR count). The molecule has 0 aliphatic heterocycles. The smallest absolute Gasteiger partial charge is 0.159 e. The Kier molecular flexibility index (Phi) is 18.0. The molecule has 0 unspecified atom stereocenters. The first-order valence-corrected chi connectivity index (χ1v) is 46.2. The second kappa shape index (κ2) is 31.5. The summed E-state index contributed by atoms with van der Waals surface area (Å²) in [6.45, 7) is 0. The van der Waals surface area contributed by atoms with Crippen LogP contribution in [0.2, 0.25) is 0 Å². The second-order valence-corrected chi connectivity index (χ2v) is 35.3. The van der Waals surface area contributed by atoms with E-state index in [1.54, 1.807) is 0 Å². The lowest BCUT2D eigenvalue weighted by Crippen LogP contribution is -1.96. The molecule has 0 bridgehead atoms. The van der Waals surface area contributed by atoms with Crippen LogP contribution in [0.1, 0.15) is 0 Å². The van der Waals surface area contributed by atoms with Crippen molar-refractivity contribution >= 4 is 185 Å². The molecular weight excluding hydrogens is 1640 g/mol. The summed E-state index contributed by atoms with van der Waals surface area (Å²) in [5.74, 6) is 0. The zero-order valence-electron chi connectivity index (χ0n) is 73.2. The van der Waals surface area contributed by atoms with Crippen molar-refractivity contribution in [1.29, 1.82) is 0 Å². The average Bonchev–Trinajstić information content (AvgIpc) is 1.63. The van der Waals surface area contributed by atoms with Gasteiger partial charge in [0.25, 0.3) is 0 Å². The zero-order chi connectivity index (χ0) is 88.7. The van der Waals surface area contributed by atoms with Gasteiger partial charge < -0.3 is 22.2 Å². The maximum Gasteiger partial charge on any atom is 0.159 e. The van der Waals surface area contributed by atoms with E-state index in [1.807, 2.05) is 24.3 Å². The molecule has 0 fully saturated rings. The van der Waals surface area contributed by atoms with Crippen molar-refractivity contribution in [3.8, 4) is 94.7 Å².